The number of hydrogen-bond donors (Lipinski definition) is 0. The van der Waals surface area contributed by atoms with Gasteiger partial charge >= 0.3 is 0 Å². The number of fused-ring (bicyclic) bond motifs is 1. The molecule has 0 atom stereocenters. The number of aryl methyl sites for hydroxylation is 1. The lowest BCUT2D eigenvalue weighted by Gasteiger charge is -2.11. The molecule has 0 amide bonds. The minimum Gasteiger partial charge on any atom is -0.497 e. The van der Waals surface area contributed by atoms with E-state index in [9.17, 15) is 0 Å². The summed E-state index contributed by atoms with van der Waals surface area (Å²) < 4.78 is 17.5. The number of aromatic nitrogens is 1. The van der Waals surface area contributed by atoms with E-state index in [0.717, 1.165) is 54.6 Å². The molecule has 0 aliphatic rings. The molecule has 0 radical (unpaired) electrons. The van der Waals surface area contributed by atoms with Gasteiger partial charge in [0.05, 0.1) is 29.1 Å². The van der Waals surface area contributed by atoms with E-state index in [0.29, 0.717) is 5.13 Å². The van der Waals surface area contributed by atoms with Crippen molar-refractivity contribution in [2.24, 2.45) is 4.99 Å². The largest absolute Gasteiger partial charge is 0.497 e. The molecule has 0 saturated heterocycles. The van der Waals surface area contributed by atoms with Crippen molar-refractivity contribution in [1.82, 2.24) is 4.98 Å². The highest BCUT2D eigenvalue weighted by molar-refractivity contribution is 7.17. The van der Waals surface area contributed by atoms with Gasteiger partial charge in [-0.05, 0) is 74.7 Å². The second kappa shape index (κ2) is 9.44. The number of rotatable bonds is 6. The molecule has 0 aliphatic carbocycles. The summed E-state index contributed by atoms with van der Waals surface area (Å²) in [5.74, 6) is 2.29. The molecule has 0 spiro atoms. The summed E-state index contributed by atoms with van der Waals surface area (Å²) in [5, 5.41) is 4.44. The molecule has 0 N–H and O–H groups in total. The van der Waals surface area contributed by atoms with Gasteiger partial charge in [-0.25, -0.2) is 9.98 Å². The molecule has 3 heterocycles. The van der Waals surface area contributed by atoms with Gasteiger partial charge in [-0.15, -0.1) is 11.3 Å². The lowest BCUT2D eigenvalue weighted by Crippen LogP contribution is -2.07. The van der Waals surface area contributed by atoms with Crippen molar-refractivity contribution < 1.29 is 13.9 Å². The highest BCUT2D eigenvalue weighted by Crippen LogP contribution is 2.34. The molecule has 0 unspecified atom stereocenters. The molecular weight excluding hydrogens is 464 g/mol. The van der Waals surface area contributed by atoms with Crippen LogP contribution in [0.25, 0.3) is 32.9 Å². The van der Waals surface area contributed by atoms with Gasteiger partial charge in [0, 0.05) is 21.9 Å². The van der Waals surface area contributed by atoms with Crippen LogP contribution in [0.2, 0.25) is 0 Å². The fourth-order valence-corrected chi connectivity index (χ4v) is 5.30. The molecule has 2 aromatic carbocycles. The van der Waals surface area contributed by atoms with Gasteiger partial charge in [0.1, 0.15) is 22.8 Å². The van der Waals surface area contributed by atoms with Crippen LogP contribution in [0.5, 0.6) is 11.5 Å². The molecule has 0 aliphatic heterocycles. The Morgan fingerprint density at radius 1 is 1.00 bits per heavy atom. The van der Waals surface area contributed by atoms with Crippen molar-refractivity contribution in [2.75, 3.05) is 7.11 Å². The molecule has 172 valence electrons. The van der Waals surface area contributed by atoms with Crippen LogP contribution in [0, 0.1) is 6.92 Å². The third-order valence-electron chi connectivity index (χ3n) is 5.22. The second-order valence-corrected chi connectivity index (χ2v) is 10.2. The number of ether oxygens (including phenoxy) is 2. The number of thiazole rings is 1. The van der Waals surface area contributed by atoms with E-state index >= 15 is 0 Å². The minimum absolute atomic E-state index is 0.0725. The van der Waals surface area contributed by atoms with Gasteiger partial charge < -0.3 is 13.9 Å². The Hall–Kier alpha value is -3.42. The van der Waals surface area contributed by atoms with Crippen LogP contribution in [0.3, 0.4) is 0 Å². The quantitative estimate of drug-likeness (QED) is 0.247. The monoisotopic (exact) mass is 488 g/mol. The Labute approximate surface area is 206 Å². The Bertz CT molecular complexity index is 1500. The summed E-state index contributed by atoms with van der Waals surface area (Å²) in [4.78, 5) is 12.1. The standard InChI is InChI=1S/C27H24N2O3S2/c1-16(2)31-20-11-12-23-21(14-20)22(15-24(32-23)18-7-9-19(30-4)10-8-18)28-27-29-26(17(3)34-27)25-6-5-13-33-25/h5-16H,1-4H3. The minimum atomic E-state index is 0.0725. The smallest absolute Gasteiger partial charge is 0.210 e. The molecule has 0 bridgehead atoms. The zero-order valence-electron chi connectivity index (χ0n) is 19.4. The van der Waals surface area contributed by atoms with Gasteiger partial charge in [0.15, 0.2) is 0 Å². The second-order valence-electron chi connectivity index (χ2n) is 8.04. The Balaban J connectivity index is 1.69. The van der Waals surface area contributed by atoms with Crippen LogP contribution in [-0.4, -0.2) is 18.2 Å². The van der Waals surface area contributed by atoms with Gasteiger partial charge in [-0.2, -0.15) is 0 Å². The zero-order chi connectivity index (χ0) is 23.7. The van der Waals surface area contributed by atoms with Crippen molar-refractivity contribution in [2.45, 2.75) is 26.9 Å². The van der Waals surface area contributed by atoms with Gasteiger partial charge in [0.2, 0.25) is 5.13 Å². The Kier molecular flexibility index (Phi) is 6.22. The number of hydrogen-bond acceptors (Lipinski definition) is 7. The fourth-order valence-electron chi connectivity index (χ4n) is 3.66. The van der Waals surface area contributed by atoms with Crippen LogP contribution >= 0.6 is 22.7 Å². The Morgan fingerprint density at radius 3 is 2.50 bits per heavy atom. The zero-order valence-corrected chi connectivity index (χ0v) is 21.0. The summed E-state index contributed by atoms with van der Waals surface area (Å²) in [6.07, 6.45) is 0.0725. The molecule has 3 aromatic heterocycles. The fraction of sp³-hybridized carbons (Fsp3) is 0.185. The predicted octanol–water partition coefficient (Wildman–Crippen LogP) is 7.62. The highest BCUT2D eigenvalue weighted by atomic mass is 32.1. The lowest BCUT2D eigenvalue weighted by atomic mass is 10.1. The topological polar surface area (TPSA) is 56.9 Å². The van der Waals surface area contributed by atoms with Gasteiger partial charge in [-0.3, -0.25) is 0 Å². The predicted molar refractivity (Wildman–Crippen MR) is 139 cm³/mol. The number of methoxy groups -OCH3 is 1. The number of nitrogens with zero attached hydrogens (tertiary/aromatic N) is 2. The van der Waals surface area contributed by atoms with E-state index in [4.69, 9.17) is 23.9 Å². The molecule has 5 aromatic rings. The van der Waals surface area contributed by atoms with Crippen molar-refractivity contribution in [1.29, 1.82) is 0 Å². The summed E-state index contributed by atoms with van der Waals surface area (Å²) in [5.41, 5.74) is 2.66. The highest BCUT2D eigenvalue weighted by Gasteiger charge is 2.12. The summed E-state index contributed by atoms with van der Waals surface area (Å²) >= 11 is 3.27. The molecule has 5 rings (SSSR count). The SMILES string of the molecule is COc1ccc(-c2cc(=Nc3nc(-c4cccs4)c(C)s3)c3cc(OC(C)C)ccc3o2)cc1. The molecule has 7 heteroatoms. The first kappa shape index (κ1) is 22.4. The van der Waals surface area contributed by atoms with E-state index < -0.39 is 0 Å². The van der Waals surface area contributed by atoms with Gasteiger partial charge in [0.25, 0.3) is 0 Å². The first-order valence-electron chi connectivity index (χ1n) is 10.9. The van der Waals surface area contributed by atoms with Crippen LogP contribution in [0.1, 0.15) is 18.7 Å². The average Bonchev–Trinajstić information content (AvgIpc) is 3.48. The normalized spacial score (nSPS) is 12.0. The van der Waals surface area contributed by atoms with Crippen molar-refractivity contribution in [3.63, 3.8) is 0 Å². The molecule has 5 nitrogen and oxygen atoms in total. The van der Waals surface area contributed by atoms with E-state index in [1.165, 1.54) is 0 Å². The first-order chi connectivity index (χ1) is 16.5. The van der Waals surface area contributed by atoms with Crippen molar-refractivity contribution >= 4 is 38.8 Å². The maximum atomic E-state index is 6.28. The summed E-state index contributed by atoms with van der Waals surface area (Å²) in [7, 11) is 1.66. The van der Waals surface area contributed by atoms with Crippen LogP contribution < -0.4 is 14.8 Å². The van der Waals surface area contributed by atoms with Crippen LogP contribution in [-0.2, 0) is 0 Å². The number of thiophene rings is 1. The average molecular weight is 489 g/mol. The van der Waals surface area contributed by atoms with Gasteiger partial charge in [-0.1, -0.05) is 17.4 Å². The van der Waals surface area contributed by atoms with E-state index in [1.54, 1.807) is 29.8 Å². The third kappa shape index (κ3) is 4.62. The van der Waals surface area contributed by atoms with E-state index in [-0.39, 0.29) is 6.10 Å². The van der Waals surface area contributed by atoms with Crippen LogP contribution in [0.15, 0.2) is 75.5 Å². The van der Waals surface area contributed by atoms with Crippen molar-refractivity contribution in [3.8, 4) is 33.4 Å². The molecular formula is C27H24N2O3S2. The van der Waals surface area contributed by atoms with E-state index in [1.807, 2.05) is 68.4 Å². The lowest BCUT2D eigenvalue weighted by molar-refractivity contribution is 0.242. The maximum absolute atomic E-state index is 6.28. The van der Waals surface area contributed by atoms with Crippen LogP contribution in [0.4, 0.5) is 5.13 Å². The Morgan fingerprint density at radius 2 is 1.79 bits per heavy atom. The summed E-state index contributed by atoms with van der Waals surface area (Å²) in [6, 6.07) is 19.7. The third-order valence-corrected chi connectivity index (χ3v) is 6.96. The molecule has 0 saturated carbocycles. The molecule has 0 fully saturated rings. The summed E-state index contributed by atoms with van der Waals surface area (Å²) in [6.45, 7) is 6.11. The maximum Gasteiger partial charge on any atom is 0.210 e. The molecule has 34 heavy (non-hydrogen) atoms. The van der Waals surface area contributed by atoms with Crippen molar-refractivity contribution in [3.05, 3.63) is 76.3 Å². The van der Waals surface area contributed by atoms with E-state index in [2.05, 4.69) is 18.4 Å². The number of benzene rings is 2. The first-order valence-corrected chi connectivity index (χ1v) is 12.6.